The quantitative estimate of drug-likeness (QED) is 0.396. The molecule has 0 saturated carbocycles. The van der Waals surface area contributed by atoms with Crippen LogP contribution in [0.15, 0.2) is 29.1 Å². The molecular formula is C27H39N5O. The van der Waals surface area contributed by atoms with Crippen molar-refractivity contribution in [1.29, 1.82) is 0 Å². The third-order valence-corrected chi connectivity index (χ3v) is 6.76. The van der Waals surface area contributed by atoms with Crippen LogP contribution in [0.4, 0.5) is 17.1 Å². The van der Waals surface area contributed by atoms with Gasteiger partial charge in [-0.05, 0) is 82.7 Å². The van der Waals surface area contributed by atoms with Gasteiger partial charge in [0.2, 0.25) is 0 Å². The Labute approximate surface area is 197 Å². The maximum absolute atomic E-state index is 13.4. The molecule has 2 heterocycles. The van der Waals surface area contributed by atoms with E-state index in [1.165, 1.54) is 5.69 Å². The van der Waals surface area contributed by atoms with Crippen LogP contribution < -0.4 is 15.8 Å². The molecule has 178 valence electrons. The van der Waals surface area contributed by atoms with Crippen LogP contribution in [-0.2, 0) is 6.42 Å². The van der Waals surface area contributed by atoms with Crippen LogP contribution in [0, 0.1) is 6.92 Å². The molecule has 0 bridgehead atoms. The van der Waals surface area contributed by atoms with Gasteiger partial charge in [0, 0.05) is 30.0 Å². The number of allylic oxidation sites excluding steroid dienone is 2. The maximum Gasteiger partial charge on any atom is 0.276 e. The van der Waals surface area contributed by atoms with Crippen molar-refractivity contribution in [3.63, 3.8) is 0 Å². The topological polar surface area (TPSA) is 65.4 Å². The first-order chi connectivity index (χ1) is 15.8. The summed E-state index contributed by atoms with van der Waals surface area (Å²) in [6, 6.07) is 6.49. The van der Waals surface area contributed by atoms with E-state index < -0.39 is 0 Å². The Morgan fingerprint density at radius 1 is 1.24 bits per heavy atom. The highest BCUT2D eigenvalue weighted by Gasteiger charge is 2.22. The number of anilines is 3. The Kier molecular flexibility index (Phi) is 7.67. The summed E-state index contributed by atoms with van der Waals surface area (Å²) in [6.45, 7) is 18.8. The van der Waals surface area contributed by atoms with Gasteiger partial charge in [0.25, 0.3) is 5.56 Å². The number of benzene rings is 1. The molecule has 33 heavy (non-hydrogen) atoms. The van der Waals surface area contributed by atoms with E-state index in [-0.39, 0.29) is 11.5 Å². The number of aromatic amines is 1. The molecule has 0 aliphatic heterocycles. The molecule has 1 aromatic carbocycles. The van der Waals surface area contributed by atoms with E-state index in [2.05, 4.69) is 68.1 Å². The van der Waals surface area contributed by atoms with E-state index in [1.807, 2.05) is 26.8 Å². The molecule has 0 saturated heterocycles. The van der Waals surface area contributed by atoms with Gasteiger partial charge in [-0.15, -0.1) is 0 Å². The molecule has 0 aliphatic carbocycles. The molecule has 2 aromatic heterocycles. The molecule has 1 atom stereocenters. The number of nitrogens with one attached hydrogen (secondary N) is 2. The lowest BCUT2D eigenvalue weighted by molar-refractivity contribution is 0.685. The lowest BCUT2D eigenvalue weighted by Crippen LogP contribution is -2.23. The van der Waals surface area contributed by atoms with E-state index in [0.717, 1.165) is 59.0 Å². The number of rotatable bonds is 9. The molecule has 3 aromatic rings. The maximum atomic E-state index is 13.4. The van der Waals surface area contributed by atoms with Gasteiger partial charge in [-0.2, -0.15) is 4.52 Å². The molecular weight excluding hydrogens is 410 g/mol. The summed E-state index contributed by atoms with van der Waals surface area (Å²) >= 11 is 0. The highest BCUT2D eigenvalue weighted by Crippen LogP contribution is 2.33. The summed E-state index contributed by atoms with van der Waals surface area (Å²) in [5.74, 6) is 0.224. The van der Waals surface area contributed by atoms with Crippen molar-refractivity contribution in [2.24, 2.45) is 0 Å². The minimum atomic E-state index is -0.00962. The third-order valence-electron chi connectivity index (χ3n) is 6.76. The molecule has 6 heteroatoms. The standard InChI is InChI=1S/C27H39N5O/c1-9-17(6)23-21(11-3)27(33)32-26(29-23)25(24(30-32)18(7)10-2)28-22-15-14-20(16-19(22)8)31(12-4)13-5/h10,14-17,28,30H,9,11-13H2,1-8H3. The molecule has 3 rings (SSSR count). The monoisotopic (exact) mass is 449 g/mol. The van der Waals surface area contributed by atoms with Crippen molar-refractivity contribution >= 4 is 28.3 Å². The van der Waals surface area contributed by atoms with Gasteiger partial charge in [-0.25, -0.2) is 4.98 Å². The second kappa shape index (κ2) is 10.3. The van der Waals surface area contributed by atoms with Gasteiger partial charge in [-0.3, -0.25) is 9.89 Å². The van der Waals surface area contributed by atoms with Crippen LogP contribution in [0.1, 0.15) is 83.3 Å². The lowest BCUT2D eigenvalue weighted by atomic mass is 9.99. The fourth-order valence-corrected chi connectivity index (χ4v) is 4.31. The summed E-state index contributed by atoms with van der Waals surface area (Å²) in [5.41, 5.74) is 8.50. The van der Waals surface area contributed by atoms with Crippen LogP contribution in [-0.4, -0.2) is 27.7 Å². The summed E-state index contributed by atoms with van der Waals surface area (Å²) < 4.78 is 1.61. The predicted octanol–water partition coefficient (Wildman–Crippen LogP) is 6.42. The Bertz CT molecular complexity index is 1210. The molecule has 0 radical (unpaired) electrons. The summed E-state index contributed by atoms with van der Waals surface area (Å²) in [5, 5.41) is 6.95. The highest BCUT2D eigenvalue weighted by molar-refractivity contribution is 5.86. The summed E-state index contributed by atoms with van der Waals surface area (Å²) in [4.78, 5) is 20.8. The minimum Gasteiger partial charge on any atom is -0.372 e. The van der Waals surface area contributed by atoms with Gasteiger partial charge in [-0.1, -0.05) is 26.8 Å². The van der Waals surface area contributed by atoms with Crippen molar-refractivity contribution in [2.45, 2.75) is 74.1 Å². The van der Waals surface area contributed by atoms with Gasteiger partial charge >= 0.3 is 0 Å². The van der Waals surface area contributed by atoms with Crippen molar-refractivity contribution in [1.82, 2.24) is 14.6 Å². The van der Waals surface area contributed by atoms with E-state index in [4.69, 9.17) is 4.98 Å². The molecule has 2 N–H and O–H groups in total. The molecule has 1 unspecified atom stereocenters. The number of H-pyrrole nitrogens is 1. The zero-order valence-corrected chi connectivity index (χ0v) is 21.5. The predicted molar refractivity (Wildman–Crippen MR) is 141 cm³/mol. The van der Waals surface area contributed by atoms with Crippen LogP contribution in [0.5, 0.6) is 0 Å². The van der Waals surface area contributed by atoms with Gasteiger partial charge in [0.05, 0.1) is 11.4 Å². The molecule has 6 nitrogen and oxygen atoms in total. The first-order valence-corrected chi connectivity index (χ1v) is 12.2. The Morgan fingerprint density at radius 2 is 1.94 bits per heavy atom. The fourth-order valence-electron chi connectivity index (χ4n) is 4.31. The number of hydrogen-bond acceptors (Lipinski definition) is 4. The van der Waals surface area contributed by atoms with Crippen molar-refractivity contribution in [3.8, 4) is 0 Å². The molecule has 0 aliphatic rings. The van der Waals surface area contributed by atoms with Crippen LogP contribution in [0.2, 0.25) is 0 Å². The zero-order valence-electron chi connectivity index (χ0n) is 21.5. The van der Waals surface area contributed by atoms with Crippen LogP contribution in [0.25, 0.3) is 11.2 Å². The zero-order chi connectivity index (χ0) is 24.3. The number of fused-ring (bicyclic) bond motifs is 1. The smallest absolute Gasteiger partial charge is 0.276 e. The van der Waals surface area contributed by atoms with Crippen molar-refractivity contribution < 1.29 is 0 Å². The Morgan fingerprint density at radius 3 is 2.48 bits per heavy atom. The molecule has 0 fully saturated rings. The van der Waals surface area contributed by atoms with Gasteiger partial charge in [0.15, 0.2) is 5.65 Å². The van der Waals surface area contributed by atoms with E-state index in [9.17, 15) is 4.79 Å². The first kappa shape index (κ1) is 24.6. The normalized spacial score (nSPS) is 12.9. The Balaban J connectivity index is 2.23. The van der Waals surface area contributed by atoms with Crippen molar-refractivity contribution in [3.05, 3.63) is 57.1 Å². The third kappa shape index (κ3) is 4.56. The van der Waals surface area contributed by atoms with Gasteiger partial charge in [0.1, 0.15) is 5.69 Å². The summed E-state index contributed by atoms with van der Waals surface area (Å²) in [6.07, 6.45) is 3.66. The number of nitrogens with zero attached hydrogens (tertiary/aromatic N) is 3. The van der Waals surface area contributed by atoms with E-state index in [1.54, 1.807) is 4.52 Å². The van der Waals surface area contributed by atoms with Gasteiger partial charge < -0.3 is 10.2 Å². The Hall–Kier alpha value is -3.02. The largest absolute Gasteiger partial charge is 0.372 e. The average molecular weight is 450 g/mol. The lowest BCUT2D eigenvalue weighted by Gasteiger charge is -2.22. The second-order valence-electron chi connectivity index (χ2n) is 8.73. The fraction of sp³-hybridized carbons (Fsp3) is 0.481. The van der Waals surface area contributed by atoms with E-state index >= 15 is 0 Å². The molecule has 0 amide bonds. The summed E-state index contributed by atoms with van der Waals surface area (Å²) in [7, 11) is 0. The van der Waals surface area contributed by atoms with E-state index in [0.29, 0.717) is 12.1 Å². The van der Waals surface area contributed by atoms with Crippen LogP contribution >= 0.6 is 0 Å². The number of hydrogen-bond donors (Lipinski definition) is 2. The molecule has 0 spiro atoms. The van der Waals surface area contributed by atoms with Crippen LogP contribution in [0.3, 0.4) is 0 Å². The van der Waals surface area contributed by atoms with Crippen molar-refractivity contribution in [2.75, 3.05) is 23.3 Å². The second-order valence-corrected chi connectivity index (χ2v) is 8.73. The number of aromatic nitrogens is 3. The first-order valence-electron chi connectivity index (χ1n) is 12.2. The highest BCUT2D eigenvalue weighted by atomic mass is 16.1. The minimum absolute atomic E-state index is 0.00962. The average Bonchev–Trinajstić information content (AvgIpc) is 3.18. The SMILES string of the molecule is CC=C(C)c1[nH]n2c(=O)c(CC)c(C(C)CC)nc2c1Nc1ccc(N(CC)CC)cc1C. The number of aryl methyl sites for hydroxylation is 1.